The van der Waals surface area contributed by atoms with E-state index < -0.39 is 0 Å². The quantitative estimate of drug-likeness (QED) is 0.346. The van der Waals surface area contributed by atoms with Crippen LogP contribution in [0.4, 0.5) is 5.69 Å². The van der Waals surface area contributed by atoms with Crippen molar-refractivity contribution in [2.45, 2.75) is 13.3 Å². The molecule has 170 valence electrons. The second-order valence-electron chi connectivity index (χ2n) is 7.91. The average Bonchev–Trinajstić information content (AvgIpc) is 3.53. The molecule has 0 radical (unpaired) electrons. The van der Waals surface area contributed by atoms with E-state index in [-0.39, 0.29) is 5.91 Å². The van der Waals surface area contributed by atoms with Gasteiger partial charge in [0.15, 0.2) is 17.2 Å². The van der Waals surface area contributed by atoms with Gasteiger partial charge in [-0.25, -0.2) is 15.0 Å². The van der Waals surface area contributed by atoms with Gasteiger partial charge in [-0.15, -0.1) is 0 Å². The lowest BCUT2D eigenvalue weighted by Crippen LogP contribution is -2.09. The number of hydrogen-bond donors (Lipinski definition) is 3. The van der Waals surface area contributed by atoms with Crippen LogP contribution in [0.3, 0.4) is 0 Å². The number of H-pyrrole nitrogens is 2. The number of aromatic amines is 2. The number of amides is 1. The van der Waals surface area contributed by atoms with Gasteiger partial charge in [0, 0.05) is 42.3 Å². The van der Waals surface area contributed by atoms with E-state index in [1.165, 1.54) is 0 Å². The Balaban J connectivity index is 1.43. The van der Waals surface area contributed by atoms with Gasteiger partial charge in [0.1, 0.15) is 11.0 Å². The van der Waals surface area contributed by atoms with E-state index in [1.54, 1.807) is 37.9 Å². The predicted octanol–water partition coefficient (Wildman–Crippen LogP) is 4.37. The molecule has 0 aliphatic rings. The van der Waals surface area contributed by atoms with E-state index in [0.29, 0.717) is 40.5 Å². The van der Waals surface area contributed by atoms with E-state index in [4.69, 9.17) is 9.97 Å². The fraction of sp³-hybridized carbons (Fsp3) is 0.0800. The predicted molar refractivity (Wildman–Crippen MR) is 132 cm³/mol. The molecular formula is C25H19N9O. The first-order valence-corrected chi connectivity index (χ1v) is 11.1. The maximum Gasteiger partial charge on any atom is 0.224 e. The molecule has 0 spiro atoms. The molecule has 0 bridgehead atoms. The molecule has 0 fully saturated rings. The average molecular weight is 461 g/mol. The lowest BCUT2D eigenvalue weighted by Gasteiger charge is -2.06. The molecule has 6 aromatic rings. The molecule has 0 unspecified atom stereocenters. The highest BCUT2D eigenvalue weighted by Crippen LogP contribution is 2.31. The summed E-state index contributed by atoms with van der Waals surface area (Å²) in [6, 6.07) is 11.4. The zero-order valence-corrected chi connectivity index (χ0v) is 18.6. The van der Waals surface area contributed by atoms with Crippen molar-refractivity contribution in [2.75, 3.05) is 5.32 Å². The third kappa shape index (κ3) is 3.76. The van der Waals surface area contributed by atoms with E-state index in [2.05, 4.69) is 35.5 Å². The third-order valence-corrected chi connectivity index (χ3v) is 5.65. The lowest BCUT2D eigenvalue weighted by molar-refractivity contribution is -0.115. The number of anilines is 1. The van der Waals surface area contributed by atoms with Crippen LogP contribution in [0.15, 0.2) is 67.4 Å². The minimum absolute atomic E-state index is 0.0749. The Morgan fingerprint density at radius 2 is 1.83 bits per heavy atom. The van der Waals surface area contributed by atoms with E-state index in [0.717, 1.165) is 27.7 Å². The number of hydrogen-bond acceptors (Lipinski definition) is 7. The monoisotopic (exact) mass is 461 g/mol. The molecule has 0 saturated carbocycles. The molecule has 0 atom stereocenters. The van der Waals surface area contributed by atoms with Crippen molar-refractivity contribution >= 4 is 33.8 Å². The lowest BCUT2D eigenvalue weighted by atomic mass is 10.1. The van der Waals surface area contributed by atoms with Crippen molar-refractivity contribution in [3.05, 3.63) is 67.4 Å². The van der Waals surface area contributed by atoms with Gasteiger partial charge >= 0.3 is 0 Å². The van der Waals surface area contributed by atoms with Crippen LogP contribution in [-0.4, -0.2) is 46.0 Å². The van der Waals surface area contributed by atoms with Gasteiger partial charge in [0.2, 0.25) is 5.91 Å². The Morgan fingerprint density at radius 1 is 0.943 bits per heavy atom. The van der Waals surface area contributed by atoms with Gasteiger partial charge < -0.3 is 10.3 Å². The summed E-state index contributed by atoms with van der Waals surface area (Å²) in [4.78, 5) is 37.5. The summed E-state index contributed by atoms with van der Waals surface area (Å²) in [5.74, 6) is 0.487. The highest BCUT2D eigenvalue weighted by Gasteiger charge is 2.17. The first-order valence-electron chi connectivity index (χ1n) is 11.1. The Kier molecular flexibility index (Phi) is 4.95. The van der Waals surface area contributed by atoms with Crippen molar-refractivity contribution in [2.24, 2.45) is 0 Å². The molecule has 1 amide bonds. The summed E-state index contributed by atoms with van der Waals surface area (Å²) in [5, 5.41) is 10.3. The molecule has 6 aromatic heterocycles. The Labute approximate surface area is 198 Å². The van der Waals surface area contributed by atoms with Crippen LogP contribution in [0, 0.1) is 0 Å². The van der Waals surface area contributed by atoms with Gasteiger partial charge in [-0.05, 0) is 42.0 Å². The summed E-state index contributed by atoms with van der Waals surface area (Å²) in [6.45, 7) is 1.80. The van der Waals surface area contributed by atoms with Crippen LogP contribution in [0.1, 0.15) is 13.3 Å². The molecule has 0 saturated heterocycles. The minimum Gasteiger partial charge on any atom is -0.325 e. The van der Waals surface area contributed by atoms with Crippen molar-refractivity contribution in [1.82, 2.24) is 40.1 Å². The number of fused-ring (bicyclic) bond motifs is 2. The zero-order valence-electron chi connectivity index (χ0n) is 18.6. The van der Waals surface area contributed by atoms with Gasteiger partial charge in [-0.2, -0.15) is 5.10 Å². The van der Waals surface area contributed by atoms with E-state index >= 15 is 0 Å². The maximum atomic E-state index is 11.8. The molecule has 10 nitrogen and oxygen atoms in total. The second-order valence-corrected chi connectivity index (χ2v) is 7.91. The number of aromatic nitrogens is 8. The summed E-state index contributed by atoms with van der Waals surface area (Å²) in [5.41, 5.74) is 7.47. The highest BCUT2D eigenvalue weighted by molar-refractivity contribution is 5.95. The Hall–Kier alpha value is -4.99. The van der Waals surface area contributed by atoms with E-state index in [9.17, 15) is 4.79 Å². The summed E-state index contributed by atoms with van der Waals surface area (Å²) < 4.78 is 0. The molecular weight excluding hydrogens is 442 g/mol. The van der Waals surface area contributed by atoms with Crippen molar-refractivity contribution in [1.29, 1.82) is 0 Å². The van der Waals surface area contributed by atoms with E-state index in [1.807, 2.05) is 36.4 Å². The summed E-state index contributed by atoms with van der Waals surface area (Å²) >= 11 is 0. The van der Waals surface area contributed by atoms with Gasteiger partial charge in [0.25, 0.3) is 0 Å². The molecule has 0 aliphatic heterocycles. The van der Waals surface area contributed by atoms with Crippen LogP contribution >= 0.6 is 0 Å². The highest BCUT2D eigenvalue weighted by atomic mass is 16.1. The molecule has 0 aromatic carbocycles. The normalized spacial score (nSPS) is 11.2. The summed E-state index contributed by atoms with van der Waals surface area (Å²) in [6.07, 6.45) is 8.96. The SMILES string of the molecule is CCC(=O)Nc1cncc(-c2ccc3[nH]nc(-c4nc5c(-c6ccncc6)ccnc5[nH]4)c3n2)c1. The molecule has 6 heterocycles. The number of pyridine rings is 4. The Morgan fingerprint density at radius 3 is 2.69 bits per heavy atom. The van der Waals surface area contributed by atoms with Crippen LogP contribution in [-0.2, 0) is 4.79 Å². The second kappa shape index (κ2) is 8.41. The smallest absolute Gasteiger partial charge is 0.224 e. The first kappa shape index (κ1) is 20.6. The fourth-order valence-corrected chi connectivity index (χ4v) is 3.91. The fourth-order valence-electron chi connectivity index (χ4n) is 3.91. The molecule has 0 aliphatic carbocycles. The van der Waals surface area contributed by atoms with Crippen LogP contribution in [0.5, 0.6) is 0 Å². The first-order chi connectivity index (χ1) is 17.2. The summed E-state index contributed by atoms with van der Waals surface area (Å²) in [7, 11) is 0. The minimum atomic E-state index is -0.0749. The Bertz CT molecular complexity index is 1690. The van der Waals surface area contributed by atoms with Crippen LogP contribution < -0.4 is 5.32 Å². The van der Waals surface area contributed by atoms with Gasteiger partial charge in [-0.3, -0.25) is 19.9 Å². The van der Waals surface area contributed by atoms with Crippen molar-refractivity contribution in [3.8, 4) is 33.9 Å². The third-order valence-electron chi connectivity index (χ3n) is 5.65. The zero-order chi connectivity index (χ0) is 23.8. The molecule has 10 heteroatoms. The number of nitrogens with one attached hydrogen (secondary N) is 3. The van der Waals surface area contributed by atoms with Crippen molar-refractivity contribution < 1.29 is 4.79 Å². The van der Waals surface area contributed by atoms with Gasteiger partial charge in [-0.1, -0.05) is 6.92 Å². The standard InChI is InChI=1S/C25H19N9O/c1-2-20(35)29-16-11-15(12-27-13-16)18-3-4-19-22(30-18)23(34-33-19)25-31-21-17(7-10-28-24(21)32-25)14-5-8-26-9-6-14/h3-13H,2H2,1H3,(H,29,35)(H,33,34)(H,28,31,32). The molecule has 3 N–H and O–H groups in total. The van der Waals surface area contributed by atoms with Crippen molar-refractivity contribution in [3.63, 3.8) is 0 Å². The van der Waals surface area contributed by atoms with Gasteiger partial charge in [0.05, 0.1) is 23.1 Å². The molecule has 35 heavy (non-hydrogen) atoms. The number of rotatable bonds is 5. The number of carbonyl (C=O) groups is 1. The van der Waals surface area contributed by atoms with Crippen LogP contribution in [0.2, 0.25) is 0 Å². The number of imidazole rings is 1. The van der Waals surface area contributed by atoms with Crippen LogP contribution in [0.25, 0.3) is 56.1 Å². The molecule has 6 rings (SSSR count). The largest absolute Gasteiger partial charge is 0.325 e. The number of nitrogens with zero attached hydrogens (tertiary/aromatic N) is 6. The number of carbonyl (C=O) groups excluding carboxylic acids is 1. The topological polar surface area (TPSA) is 138 Å². The maximum absolute atomic E-state index is 11.8.